The van der Waals surface area contributed by atoms with Gasteiger partial charge in [-0.3, -0.25) is 9.20 Å². The molecule has 6 nitrogen and oxygen atoms in total. The van der Waals surface area contributed by atoms with Crippen LogP contribution in [-0.4, -0.2) is 19.2 Å². The number of fused-ring (bicyclic) bond motifs is 1. The minimum absolute atomic E-state index is 0.167. The Labute approximate surface area is 86.3 Å². The smallest absolute Gasteiger partial charge is 0.295 e. The zero-order valence-corrected chi connectivity index (χ0v) is 8.71. The lowest BCUT2D eigenvalue weighted by molar-refractivity contribution is 0.639. The van der Waals surface area contributed by atoms with E-state index in [1.165, 1.54) is 4.57 Å². The van der Waals surface area contributed by atoms with Gasteiger partial charge in [0.05, 0.1) is 6.04 Å². The highest BCUT2D eigenvalue weighted by molar-refractivity contribution is 5.35. The molecule has 0 bridgehead atoms. The van der Waals surface area contributed by atoms with Crippen molar-refractivity contribution in [3.8, 4) is 0 Å². The van der Waals surface area contributed by atoms with Crippen molar-refractivity contribution in [2.24, 2.45) is 12.8 Å². The molecule has 0 unspecified atom stereocenters. The molecule has 2 heterocycles. The number of aromatic nitrogens is 4. The summed E-state index contributed by atoms with van der Waals surface area (Å²) in [5, 5.41) is 7.79. The predicted molar refractivity (Wildman–Crippen MR) is 55.4 cm³/mol. The number of nitrogens with two attached hydrogens (primary N) is 1. The van der Waals surface area contributed by atoms with Gasteiger partial charge in [-0.25, -0.2) is 0 Å². The highest BCUT2D eigenvalue weighted by atomic mass is 16.1. The molecule has 0 aliphatic heterocycles. The molecule has 0 spiro atoms. The van der Waals surface area contributed by atoms with E-state index in [4.69, 9.17) is 5.73 Å². The Bertz CT molecular complexity index is 541. The first kappa shape index (κ1) is 9.85. The van der Waals surface area contributed by atoms with Crippen molar-refractivity contribution < 1.29 is 0 Å². The molecule has 0 saturated heterocycles. The molecule has 2 aromatic heterocycles. The van der Waals surface area contributed by atoms with Crippen LogP contribution < -0.4 is 11.3 Å². The summed E-state index contributed by atoms with van der Waals surface area (Å²) in [5.41, 5.74) is 6.01. The molecular formula is C9H13N5O. The van der Waals surface area contributed by atoms with Crippen molar-refractivity contribution in [2.75, 3.05) is 0 Å². The van der Waals surface area contributed by atoms with Crippen molar-refractivity contribution in [2.45, 2.75) is 19.4 Å². The van der Waals surface area contributed by atoms with E-state index in [-0.39, 0.29) is 11.6 Å². The second-order valence-electron chi connectivity index (χ2n) is 3.48. The van der Waals surface area contributed by atoms with Crippen molar-refractivity contribution in [1.82, 2.24) is 19.2 Å². The molecule has 2 N–H and O–H groups in total. The zero-order chi connectivity index (χ0) is 11.0. The molecule has 2 aromatic rings. The van der Waals surface area contributed by atoms with Gasteiger partial charge in [-0.05, 0) is 6.42 Å². The summed E-state index contributed by atoms with van der Waals surface area (Å²) in [5.74, 6) is 0.630. The number of nitrogens with zero attached hydrogens (tertiary/aromatic N) is 4. The summed E-state index contributed by atoms with van der Waals surface area (Å²) < 4.78 is 3.11. The van der Waals surface area contributed by atoms with Crippen LogP contribution in [0.15, 0.2) is 17.2 Å². The Morgan fingerprint density at radius 3 is 2.87 bits per heavy atom. The van der Waals surface area contributed by atoms with Gasteiger partial charge in [0.1, 0.15) is 0 Å². The van der Waals surface area contributed by atoms with E-state index in [1.807, 2.05) is 6.92 Å². The maximum Gasteiger partial charge on any atom is 0.295 e. The molecule has 0 aromatic carbocycles. The third kappa shape index (κ3) is 1.42. The third-order valence-corrected chi connectivity index (χ3v) is 2.44. The quantitative estimate of drug-likeness (QED) is 0.742. The van der Waals surface area contributed by atoms with Gasteiger partial charge in [-0.15, -0.1) is 10.2 Å². The SMILES string of the molecule is CC[C@@H](N)c1nnc2c(=O)n(C)ccn12. The highest BCUT2D eigenvalue weighted by Crippen LogP contribution is 2.10. The molecule has 6 heteroatoms. The van der Waals surface area contributed by atoms with Gasteiger partial charge in [0.25, 0.3) is 5.56 Å². The number of hydrogen-bond acceptors (Lipinski definition) is 4. The van der Waals surface area contributed by atoms with Gasteiger partial charge in [0.15, 0.2) is 5.82 Å². The van der Waals surface area contributed by atoms with Crippen LogP contribution in [-0.2, 0) is 7.05 Å². The number of hydrogen-bond donors (Lipinski definition) is 1. The van der Waals surface area contributed by atoms with Gasteiger partial charge < -0.3 is 10.3 Å². The first-order chi connectivity index (χ1) is 7.15. The lowest BCUT2D eigenvalue weighted by Gasteiger charge is -2.06. The Hall–Kier alpha value is -1.69. The van der Waals surface area contributed by atoms with E-state index < -0.39 is 0 Å². The topological polar surface area (TPSA) is 78.2 Å². The average Bonchev–Trinajstić information content (AvgIpc) is 2.66. The van der Waals surface area contributed by atoms with Crippen molar-refractivity contribution in [1.29, 1.82) is 0 Å². The van der Waals surface area contributed by atoms with E-state index in [9.17, 15) is 4.79 Å². The van der Waals surface area contributed by atoms with Crippen molar-refractivity contribution in [3.05, 3.63) is 28.6 Å². The molecule has 0 radical (unpaired) electrons. The molecule has 0 aliphatic carbocycles. The fourth-order valence-corrected chi connectivity index (χ4v) is 1.42. The first-order valence-electron chi connectivity index (χ1n) is 4.81. The molecule has 15 heavy (non-hydrogen) atoms. The van der Waals surface area contributed by atoms with E-state index in [0.717, 1.165) is 6.42 Å². The van der Waals surface area contributed by atoms with E-state index in [1.54, 1.807) is 23.8 Å². The van der Waals surface area contributed by atoms with Gasteiger partial charge >= 0.3 is 0 Å². The molecule has 0 aliphatic rings. The fraction of sp³-hybridized carbons (Fsp3) is 0.444. The lowest BCUT2D eigenvalue weighted by Crippen LogP contribution is -2.20. The molecule has 1 atom stereocenters. The third-order valence-electron chi connectivity index (χ3n) is 2.44. The van der Waals surface area contributed by atoms with Crippen LogP contribution in [0.2, 0.25) is 0 Å². The van der Waals surface area contributed by atoms with Crippen LogP contribution in [0.4, 0.5) is 0 Å². The number of rotatable bonds is 2. The van der Waals surface area contributed by atoms with Crippen LogP contribution in [0.1, 0.15) is 25.2 Å². The summed E-state index contributed by atoms with van der Waals surface area (Å²) in [4.78, 5) is 11.7. The standard InChI is InChI=1S/C9H13N5O/c1-3-6(10)7-11-12-8-9(15)13(2)4-5-14(7)8/h4-6H,3,10H2,1-2H3/t6-/m1/s1. The van der Waals surface area contributed by atoms with Crippen LogP contribution in [0, 0.1) is 0 Å². The minimum atomic E-state index is -0.188. The molecule has 2 rings (SSSR count). The molecule has 0 fully saturated rings. The highest BCUT2D eigenvalue weighted by Gasteiger charge is 2.13. The van der Waals surface area contributed by atoms with E-state index >= 15 is 0 Å². The van der Waals surface area contributed by atoms with Crippen molar-refractivity contribution >= 4 is 5.65 Å². The Balaban J connectivity index is 2.72. The zero-order valence-electron chi connectivity index (χ0n) is 8.71. The van der Waals surface area contributed by atoms with Gasteiger partial charge in [-0.1, -0.05) is 6.92 Å². The summed E-state index contributed by atoms with van der Waals surface area (Å²) >= 11 is 0. The maximum atomic E-state index is 11.7. The fourth-order valence-electron chi connectivity index (χ4n) is 1.42. The van der Waals surface area contributed by atoms with Crippen LogP contribution in [0.5, 0.6) is 0 Å². The minimum Gasteiger partial charge on any atom is -0.321 e. The molecule has 0 amide bonds. The normalized spacial score (nSPS) is 13.3. The molecular weight excluding hydrogens is 194 g/mol. The summed E-state index contributed by atoms with van der Waals surface area (Å²) in [6.07, 6.45) is 4.18. The number of aryl methyl sites for hydroxylation is 1. The largest absolute Gasteiger partial charge is 0.321 e. The summed E-state index contributed by atoms with van der Waals surface area (Å²) in [6.45, 7) is 1.97. The van der Waals surface area contributed by atoms with Crippen molar-refractivity contribution in [3.63, 3.8) is 0 Å². The van der Waals surface area contributed by atoms with Crippen LogP contribution in [0.3, 0.4) is 0 Å². The molecule has 80 valence electrons. The van der Waals surface area contributed by atoms with E-state index in [0.29, 0.717) is 11.5 Å². The van der Waals surface area contributed by atoms with Gasteiger partial charge in [0.2, 0.25) is 5.65 Å². The van der Waals surface area contributed by atoms with Gasteiger partial charge in [-0.2, -0.15) is 0 Å². The lowest BCUT2D eigenvalue weighted by atomic mass is 10.2. The van der Waals surface area contributed by atoms with Gasteiger partial charge in [0, 0.05) is 19.4 Å². The monoisotopic (exact) mass is 207 g/mol. The Morgan fingerprint density at radius 1 is 1.47 bits per heavy atom. The van der Waals surface area contributed by atoms with E-state index in [2.05, 4.69) is 10.2 Å². The average molecular weight is 207 g/mol. The Kier molecular flexibility index (Phi) is 2.28. The summed E-state index contributed by atoms with van der Waals surface area (Å²) in [6, 6.07) is -0.188. The second kappa shape index (κ2) is 3.47. The predicted octanol–water partition coefficient (Wildman–Crippen LogP) is -0.162. The first-order valence-corrected chi connectivity index (χ1v) is 4.81. The maximum absolute atomic E-state index is 11.7. The summed E-state index contributed by atoms with van der Waals surface area (Å²) in [7, 11) is 1.68. The second-order valence-corrected chi connectivity index (χ2v) is 3.48. The molecule has 0 saturated carbocycles. The van der Waals surface area contributed by atoms with Crippen LogP contribution in [0.25, 0.3) is 5.65 Å². The Morgan fingerprint density at radius 2 is 2.20 bits per heavy atom. The van der Waals surface area contributed by atoms with Crippen LogP contribution >= 0.6 is 0 Å².